The van der Waals surface area contributed by atoms with Gasteiger partial charge in [0.2, 0.25) is 0 Å². The topological polar surface area (TPSA) is 75.3 Å². The van der Waals surface area contributed by atoms with Gasteiger partial charge in [-0.25, -0.2) is 15.0 Å². The van der Waals surface area contributed by atoms with E-state index < -0.39 is 0 Å². The quantitative estimate of drug-likeness (QED) is 0.185. The fraction of sp³-hybridized carbons (Fsp3) is 0.0652. The van der Waals surface area contributed by atoms with Crippen molar-refractivity contribution >= 4 is 10.8 Å². The van der Waals surface area contributed by atoms with E-state index in [0.29, 0.717) is 23.0 Å². The smallest absolute Gasteiger partial charge is 0.164 e. The molecular weight excluding hydrogens is 623 g/mol. The number of nitrogens with zero attached hydrogens (tertiary/aromatic N) is 5. The second kappa shape index (κ2) is 12.0. The number of fused-ring (bicyclic) bond motifs is 4. The predicted octanol–water partition coefficient (Wildman–Crippen LogP) is 10.9. The molecular formula is C46H31N5. The molecule has 0 saturated carbocycles. The molecule has 0 unspecified atom stereocenters. The summed E-state index contributed by atoms with van der Waals surface area (Å²) in [6.07, 6.45) is 1.82. The summed E-state index contributed by atoms with van der Waals surface area (Å²) in [7, 11) is 0. The molecule has 0 bridgehead atoms. The van der Waals surface area contributed by atoms with Crippen LogP contribution in [0.2, 0.25) is 0 Å². The highest BCUT2D eigenvalue weighted by Crippen LogP contribution is 2.50. The van der Waals surface area contributed by atoms with Gasteiger partial charge in [-0.05, 0) is 98.8 Å². The molecule has 51 heavy (non-hydrogen) atoms. The van der Waals surface area contributed by atoms with Crippen molar-refractivity contribution in [2.75, 3.05) is 0 Å². The summed E-state index contributed by atoms with van der Waals surface area (Å²) in [5.41, 5.74) is 11.9. The van der Waals surface area contributed by atoms with Gasteiger partial charge >= 0.3 is 0 Å². The Morgan fingerprint density at radius 1 is 0.471 bits per heavy atom. The Kier molecular flexibility index (Phi) is 7.12. The first-order chi connectivity index (χ1) is 24.9. The maximum absolute atomic E-state index is 9.63. The molecule has 0 saturated heterocycles. The van der Waals surface area contributed by atoms with Crippen molar-refractivity contribution in [1.82, 2.24) is 19.9 Å². The van der Waals surface area contributed by atoms with E-state index in [2.05, 4.69) is 92.7 Å². The number of rotatable bonds is 5. The maximum Gasteiger partial charge on any atom is 0.164 e. The lowest BCUT2D eigenvalue weighted by Gasteiger charge is -2.22. The normalized spacial score (nSPS) is 12.6. The molecule has 0 spiro atoms. The third-order valence-corrected chi connectivity index (χ3v) is 9.97. The third kappa shape index (κ3) is 5.35. The van der Waals surface area contributed by atoms with Crippen LogP contribution >= 0.6 is 0 Å². The van der Waals surface area contributed by atoms with Gasteiger partial charge in [-0.1, -0.05) is 105 Å². The van der Waals surface area contributed by atoms with Crippen molar-refractivity contribution in [2.45, 2.75) is 19.3 Å². The van der Waals surface area contributed by atoms with E-state index >= 15 is 0 Å². The van der Waals surface area contributed by atoms with E-state index in [0.717, 1.165) is 49.8 Å². The first kappa shape index (κ1) is 30.3. The molecule has 1 aliphatic rings. The fourth-order valence-electron chi connectivity index (χ4n) is 7.27. The van der Waals surface area contributed by atoms with Crippen LogP contribution in [0.1, 0.15) is 30.5 Å². The summed E-state index contributed by atoms with van der Waals surface area (Å²) in [5, 5.41) is 11.9. The predicted molar refractivity (Wildman–Crippen MR) is 205 cm³/mol. The zero-order valence-corrected chi connectivity index (χ0v) is 28.2. The summed E-state index contributed by atoms with van der Waals surface area (Å²) in [6.45, 7) is 4.48. The molecule has 6 aromatic carbocycles. The van der Waals surface area contributed by atoms with Crippen LogP contribution < -0.4 is 0 Å². The second-order valence-corrected chi connectivity index (χ2v) is 13.5. The summed E-state index contributed by atoms with van der Waals surface area (Å²) in [6, 6.07) is 52.2. The van der Waals surface area contributed by atoms with Crippen molar-refractivity contribution in [3.63, 3.8) is 0 Å². The molecule has 0 atom stereocenters. The van der Waals surface area contributed by atoms with Crippen LogP contribution in [0.3, 0.4) is 0 Å². The van der Waals surface area contributed by atoms with Gasteiger partial charge in [0.25, 0.3) is 0 Å². The van der Waals surface area contributed by atoms with Crippen LogP contribution in [0, 0.1) is 11.3 Å². The SMILES string of the molecule is CC1(C)c2cc(C#N)ccc2-c2ccc(-c3cc(-c4ccccn4)cc(-c4nc(-c5ccccc5)nc(-c5ccc6ccccc6c5)n4)c3)cc21. The molecule has 0 aliphatic heterocycles. The Labute approximate surface area is 296 Å². The zero-order valence-electron chi connectivity index (χ0n) is 28.2. The molecule has 5 nitrogen and oxygen atoms in total. The minimum Gasteiger partial charge on any atom is -0.256 e. The number of benzene rings is 6. The van der Waals surface area contributed by atoms with Gasteiger partial charge in [-0.15, -0.1) is 0 Å². The Balaban J connectivity index is 1.23. The van der Waals surface area contributed by atoms with Crippen molar-refractivity contribution in [2.24, 2.45) is 0 Å². The molecule has 2 heterocycles. The molecule has 0 N–H and O–H groups in total. The molecule has 8 aromatic rings. The molecule has 0 radical (unpaired) electrons. The highest BCUT2D eigenvalue weighted by molar-refractivity contribution is 5.88. The summed E-state index contributed by atoms with van der Waals surface area (Å²) >= 11 is 0. The largest absolute Gasteiger partial charge is 0.256 e. The summed E-state index contributed by atoms with van der Waals surface area (Å²) in [4.78, 5) is 19.9. The van der Waals surface area contributed by atoms with Gasteiger partial charge < -0.3 is 0 Å². The Morgan fingerprint density at radius 2 is 1.10 bits per heavy atom. The second-order valence-electron chi connectivity index (χ2n) is 13.5. The molecule has 240 valence electrons. The van der Waals surface area contributed by atoms with Crippen molar-refractivity contribution < 1.29 is 0 Å². The van der Waals surface area contributed by atoms with Crippen LogP contribution in [0.4, 0.5) is 0 Å². The average Bonchev–Trinajstić information content (AvgIpc) is 3.42. The van der Waals surface area contributed by atoms with Gasteiger partial charge in [0, 0.05) is 33.9 Å². The van der Waals surface area contributed by atoms with E-state index in [-0.39, 0.29) is 5.41 Å². The monoisotopic (exact) mass is 653 g/mol. The van der Waals surface area contributed by atoms with Gasteiger partial charge in [0.05, 0.1) is 17.3 Å². The number of pyridine rings is 1. The van der Waals surface area contributed by atoms with Crippen molar-refractivity contribution in [1.29, 1.82) is 5.26 Å². The zero-order chi connectivity index (χ0) is 34.5. The number of aromatic nitrogens is 4. The van der Waals surface area contributed by atoms with E-state index in [4.69, 9.17) is 19.9 Å². The van der Waals surface area contributed by atoms with Crippen molar-refractivity contribution in [3.8, 4) is 73.7 Å². The Morgan fingerprint density at radius 3 is 1.86 bits per heavy atom. The number of nitriles is 1. The third-order valence-electron chi connectivity index (χ3n) is 9.97. The first-order valence-corrected chi connectivity index (χ1v) is 17.0. The highest BCUT2D eigenvalue weighted by Gasteiger charge is 2.36. The molecule has 5 heteroatoms. The van der Waals surface area contributed by atoms with E-state index in [1.54, 1.807) is 0 Å². The Hall–Kier alpha value is -6.77. The minimum absolute atomic E-state index is 0.261. The maximum atomic E-state index is 9.63. The van der Waals surface area contributed by atoms with Gasteiger partial charge in [-0.2, -0.15) is 5.26 Å². The molecule has 9 rings (SSSR count). The Bertz CT molecular complexity index is 2670. The number of hydrogen-bond acceptors (Lipinski definition) is 5. The standard InChI is InChI=1S/C46H31N5/c1-46(2)40-22-29(28-47)15-19-38(40)39-20-18-33(27-41(39)46)35-24-36(42-14-8-9-21-48-42)26-37(25-35)45-50-43(31-11-4-3-5-12-31)49-44(51-45)34-17-16-30-10-6-7-13-32(30)23-34/h3-27H,1-2H3. The van der Waals surface area contributed by atoms with Crippen LogP contribution in [-0.2, 0) is 5.41 Å². The lowest BCUT2D eigenvalue weighted by Crippen LogP contribution is -2.15. The molecule has 1 aliphatic carbocycles. The van der Waals surface area contributed by atoms with Crippen LogP contribution in [0.5, 0.6) is 0 Å². The van der Waals surface area contributed by atoms with E-state index in [9.17, 15) is 5.26 Å². The average molecular weight is 654 g/mol. The highest BCUT2D eigenvalue weighted by atomic mass is 15.0. The van der Waals surface area contributed by atoms with Crippen LogP contribution in [-0.4, -0.2) is 19.9 Å². The molecule has 0 amide bonds. The summed E-state index contributed by atoms with van der Waals surface area (Å²) in [5.74, 6) is 1.81. The van der Waals surface area contributed by atoms with Gasteiger partial charge in [-0.3, -0.25) is 4.98 Å². The van der Waals surface area contributed by atoms with E-state index in [1.807, 2.05) is 79.0 Å². The molecule has 2 aromatic heterocycles. The van der Waals surface area contributed by atoms with E-state index in [1.165, 1.54) is 22.3 Å². The minimum atomic E-state index is -0.261. The first-order valence-electron chi connectivity index (χ1n) is 17.0. The summed E-state index contributed by atoms with van der Waals surface area (Å²) < 4.78 is 0. The lowest BCUT2D eigenvalue weighted by molar-refractivity contribution is 0.660. The number of hydrogen-bond donors (Lipinski definition) is 0. The van der Waals surface area contributed by atoms with Crippen LogP contribution in [0.15, 0.2) is 152 Å². The molecule has 0 fully saturated rings. The van der Waals surface area contributed by atoms with Crippen LogP contribution in [0.25, 0.3) is 78.4 Å². The lowest BCUT2D eigenvalue weighted by atomic mass is 9.81. The van der Waals surface area contributed by atoms with Crippen molar-refractivity contribution in [3.05, 3.63) is 168 Å². The van der Waals surface area contributed by atoms with Gasteiger partial charge in [0.1, 0.15) is 0 Å². The van der Waals surface area contributed by atoms with Gasteiger partial charge in [0.15, 0.2) is 17.5 Å². The fourth-order valence-corrected chi connectivity index (χ4v) is 7.27.